The van der Waals surface area contributed by atoms with Gasteiger partial charge in [-0.3, -0.25) is 4.79 Å². The molecule has 2 rings (SSSR count). The Morgan fingerprint density at radius 3 is 2.94 bits per heavy atom. The predicted octanol–water partition coefficient (Wildman–Crippen LogP) is 1.35. The van der Waals surface area contributed by atoms with Crippen molar-refractivity contribution in [1.82, 2.24) is 5.32 Å². The molecule has 1 aromatic rings. The second-order valence-electron chi connectivity index (χ2n) is 4.23. The lowest BCUT2D eigenvalue weighted by atomic mass is 10.0. The number of halogens is 1. The molecule has 16 heavy (non-hydrogen) atoms. The zero-order valence-electron chi connectivity index (χ0n) is 9.25. The van der Waals surface area contributed by atoms with Crippen molar-refractivity contribution in [2.45, 2.75) is 19.2 Å². The third-order valence-electron chi connectivity index (χ3n) is 3.15. The fourth-order valence-corrected chi connectivity index (χ4v) is 2.12. The quantitative estimate of drug-likeness (QED) is 0.755. The van der Waals surface area contributed by atoms with Gasteiger partial charge in [0.25, 0.3) is 5.91 Å². The molecule has 0 aromatic heterocycles. The fourth-order valence-electron chi connectivity index (χ4n) is 2.12. The summed E-state index contributed by atoms with van der Waals surface area (Å²) in [5, 5.41) is 12.1. The number of hydrogen-bond acceptors (Lipinski definition) is 2. The van der Waals surface area contributed by atoms with Crippen LogP contribution in [0.5, 0.6) is 0 Å². The van der Waals surface area contributed by atoms with Crippen molar-refractivity contribution in [1.29, 1.82) is 0 Å². The van der Waals surface area contributed by atoms with E-state index in [1.54, 1.807) is 20.0 Å². The van der Waals surface area contributed by atoms with Crippen molar-refractivity contribution in [3.8, 4) is 0 Å². The van der Waals surface area contributed by atoms with E-state index in [-0.39, 0.29) is 11.5 Å². The van der Waals surface area contributed by atoms with Gasteiger partial charge in [-0.05, 0) is 24.1 Å². The predicted molar refractivity (Wildman–Crippen MR) is 57.7 cm³/mol. The summed E-state index contributed by atoms with van der Waals surface area (Å²) in [6.45, 7) is 1.65. The van der Waals surface area contributed by atoms with Crippen LogP contribution in [-0.2, 0) is 12.3 Å². The maximum atomic E-state index is 13.9. The molecule has 2 atom stereocenters. The second kappa shape index (κ2) is 3.56. The topological polar surface area (TPSA) is 49.3 Å². The van der Waals surface area contributed by atoms with E-state index in [1.165, 1.54) is 12.1 Å². The summed E-state index contributed by atoms with van der Waals surface area (Å²) in [6, 6.07) is 4.66. The van der Waals surface area contributed by atoms with E-state index in [1.807, 2.05) is 0 Å². The van der Waals surface area contributed by atoms with Crippen LogP contribution in [0, 0.1) is 5.92 Å². The number of nitrogens with one attached hydrogen (secondary N) is 1. The van der Waals surface area contributed by atoms with Gasteiger partial charge in [-0.2, -0.15) is 0 Å². The highest BCUT2D eigenvalue weighted by Crippen LogP contribution is 2.42. The summed E-state index contributed by atoms with van der Waals surface area (Å²) in [5.41, 5.74) is 1.48. The minimum Gasteiger partial charge on any atom is -0.358 e. The standard InChI is InChI=1S/C12H14FNO2/c1-7-5-9-6-8(11(15)14-2)3-4-10(9)12(7,13)16/h3-4,6-7,16H,5H2,1-2H3,(H,14,15). The number of carbonyl (C=O) groups is 1. The largest absolute Gasteiger partial charge is 0.358 e. The van der Waals surface area contributed by atoms with Gasteiger partial charge in [-0.15, -0.1) is 0 Å². The number of alkyl halides is 1. The van der Waals surface area contributed by atoms with Crippen LogP contribution in [0.1, 0.15) is 28.4 Å². The number of rotatable bonds is 1. The smallest absolute Gasteiger partial charge is 0.251 e. The fraction of sp³-hybridized carbons (Fsp3) is 0.417. The highest BCUT2D eigenvalue weighted by molar-refractivity contribution is 5.94. The maximum absolute atomic E-state index is 13.9. The lowest BCUT2D eigenvalue weighted by molar-refractivity contribution is -0.128. The highest BCUT2D eigenvalue weighted by atomic mass is 19.2. The summed E-state index contributed by atoms with van der Waals surface area (Å²) in [7, 11) is 1.55. The molecule has 1 aromatic carbocycles. The van der Waals surface area contributed by atoms with E-state index in [2.05, 4.69) is 5.32 Å². The molecule has 0 radical (unpaired) electrons. The Kier molecular flexibility index (Phi) is 2.46. The van der Waals surface area contributed by atoms with E-state index in [0.29, 0.717) is 17.5 Å². The first-order valence-corrected chi connectivity index (χ1v) is 5.23. The molecule has 4 heteroatoms. The summed E-state index contributed by atoms with van der Waals surface area (Å²) in [5.74, 6) is -2.94. The van der Waals surface area contributed by atoms with Crippen LogP contribution < -0.4 is 5.32 Å². The molecule has 0 bridgehead atoms. The highest BCUT2D eigenvalue weighted by Gasteiger charge is 2.43. The molecule has 0 spiro atoms. The zero-order chi connectivity index (χ0) is 11.9. The molecule has 1 aliphatic rings. The Balaban J connectivity index is 2.44. The number of fused-ring (bicyclic) bond motifs is 1. The molecule has 1 amide bonds. The molecule has 0 aliphatic heterocycles. The average Bonchev–Trinajstić information content (AvgIpc) is 2.48. The van der Waals surface area contributed by atoms with Gasteiger partial charge in [0.1, 0.15) is 0 Å². The molecule has 1 aliphatic carbocycles. The van der Waals surface area contributed by atoms with Crippen LogP contribution in [0.2, 0.25) is 0 Å². The molecule has 2 N–H and O–H groups in total. The van der Waals surface area contributed by atoms with Crippen LogP contribution in [0.4, 0.5) is 4.39 Å². The maximum Gasteiger partial charge on any atom is 0.251 e. The van der Waals surface area contributed by atoms with Gasteiger partial charge in [-0.25, -0.2) is 4.39 Å². The Morgan fingerprint density at radius 1 is 1.62 bits per heavy atom. The first kappa shape index (κ1) is 11.1. The molecule has 0 saturated heterocycles. The molecule has 0 heterocycles. The molecule has 3 nitrogen and oxygen atoms in total. The summed E-state index contributed by atoms with van der Waals surface area (Å²) in [6.07, 6.45) is 0.452. The van der Waals surface area contributed by atoms with Gasteiger partial charge < -0.3 is 10.4 Å². The van der Waals surface area contributed by atoms with Gasteiger partial charge in [0.2, 0.25) is 5.85 Å². The third kappa shape index (κ3) is 1.50. The number of hydrogen-bond donors (Lipinski definition) is 2. The molecule has 0 fully saturated rings. The van der Waals surface area contributed by atoms with Crippen molar-refractivity contribution in [3.05, 3.63) is 34.9 Å². The minimum absolute atomic E-state index is 0.204. The van der Waals surface area contributed by atoms with Crippen LogP contribution in [0.3, 0.4) is 0 Å². The SMILES string of the molecule is CNC(=O)c1ccc2c(c1)CC(C)C2(O)F. The van der Waals surface area contributed by atoms with Crippen molar-refractivity contribution < 1.29 is 14.3 Å². The lowest BCUT2D eigenvalue weighted by Crippen LogP contribution is -2.23. The van der Waals surface area contributed by atoms with E-state index in [9.17, 15) is 14.3 Å². The van der Waals surface area contributed by atoms with Crippen molar-refractivity contribution in [2.24, 2.45) is 5.92 Å². The Bertz CT molecular complexity index is 443. The summed E-state index contributed by atoms with van der Waals surface area (Å²) in [4.78, 5) is 11.4. The monoisotopic (exact) mass is 223 g/mol. The lowest BCUT2D eigenvalue weighted by Gasteiger charge is -2.18. The van der Waals surface area contributed by atoms with Gasteiger partial charge >= 0.3 is 0 Å². The average molecular weight is 223 g/mol. The van der Waals surface area contributed by atoms with Gasteiger partial charge in [0, 0.05) is 24.1 Å². The normalized spacial score (nSPS) is 27.6. The number of aliphatic hydroxyl groups is 1. The van der Waals surface area contributed by atoms with E-state index >= 15 is 0 Å². The zero-order valence-corrected chi connectivity index (χ0v) is 9.25. The molecular formula is C12H14FNO2. The van der Waals surface area contributed by atoms with Gasteiger partial charge in [0.15, 0.2) is 0 Å². The summed E-state index contributed by atoms with van der Waals surface area (Å²) >= 11 is 0. The van der Waals surface area contributed by atoms with Crippen LogP contribution >= 0.6 is 0 Å². The number of benzene rings is 1. The number of amides is 1. The third-order valence-corrected chi connectivity index (χ3v) is 3.15. The Hall–Kier alpha value is -1.42. The van der Waals surface area contributed by atoms with E-state index < -0.39 is 11.8 Å². The molecule has 86 valence electrons. The Morgan fingerprint density at radius 2 is 2.31 bits per heavy atom. The van der Waals surface area contributed by atoms with E-state index in [4.69, 9.17) is 0 Å². The van der Waals surface area contributed by atoms with Crippen LogP contribution in [0.25, 0.3) is 0 Å². The van der Waals surface area contributed by atoms with Gasteiger partial charge in [-0.1, -0.05) is 13.0 Å². The molecule has 2 unspecified atom stereocenters. The van der Waals surface area contributed by atoms with Crippen LogP contribution in [0.15, 0.2) is 18.2 Å². The molecule has 0 saturated carbocycles. The van der Waals surface area contributed by atoms with E-state index in [0.717, 1.165) is 0 Å². The first-order chi connectivity index (χ1) is 7.46. The molecular weight excluding hydrogens is 209 g/mol. The summed E-state index contributed by atoms with van der Waals surface area (Å²) < 4.78 is 13.9. The van der Waals surface area contributed by atoms with Gasteiger partial charge in [0.05, 0.1) is 0 Å². The second-order valence-corrected chi connectivity index (χ2v) is 4.23. The Labute approximate surface area is 93.3 Å². The van der Waals surface area contributed by atoms with Crippen LogP contribution in [-0.4, -0.2) is 18.1 Å². The minimum atomic E-state index is -2.27. The van der Waals surface area contributed by atoms with Crippen molar-refractivity contribution in [3.63, 3.8) is 0 Å². The van der Waals surface area contributed by atoms with Crippen molar-refractivity contribution >= 4 is 5.91 Å². The first-order valence-electron chi connectivity index (χ1n) is 5.23. The number of carbonyl (C=O) groups excluding carboxylic acids is 1. The van der Waals surface area contributed by atoms with Crippen molar-refractivity contribution in [2.75, 3.05) is 7.05 Å².